The minimum absolute atomic E-state index is 0.390. The van der Waals surface area contributed by atoms with Crippen molar-refractivity contribution in [2.24, 2.45) is 16.1 Å². The average Bonchev–Trinajstić information content (AvgIpc) is 2.22. The highest BCUT2D eigenvalue weighted by molar-refractivity contribution is 5.67. The van der Waals surface area contributed by atoms with Crippen molar-refractivity contribution in [3.63, 3.8) is 0 Å². The van der Waals surface area contributed by atoms with E-state index in [4.69, 9.17) is 11.1 Å². The molecule has 6 nitrogen and oxygen atoms in total. The first-order valence-corrected chi connectivity index (χ1v) is 5.32. The number of benzene rings is 1. The van der Waals surface area contributed by atoms with Crippen LogP contribution in [0.15, 0.2) is 22.4 Å². The van der Waals surface area contributed by atoms with Crippen LogP contribution in [0, 0.1) is 12.8 Å². The summed E-state index contributed by atoms with van der Waals surface area (Å²) in [6, 6.07) is 3.73. The van der Waals surface area contributed by atoms with Crippen LogP contribution < -0.4 is 0 Å². The summed E-state index contributed by atoms with van der Waals surface area (Å²) in [5, 5.41) is 7.13. The lowest BCUT2D eigenvalue weighted by atomic mass is 9.99. The topological polar surface area (TPSA) is 97.5 Å². The molecule has 0 heterocycles. The van der Waals surface area contributed by atoms with E-state index >= 15 is 0 Å². The Hall–Kier alpha value is -2.16. The highest BCUT2D eigenvalue weighted by atomic mass is 15.2. The summed E-state index contributed by atoms with van der Waals surface area (Å²) in [5.74, 6) is 0.513. The van der Waals surface area contributed by atoms with Crippen LogP contribution in [0.4, 0.5) is 11.4 Å². The Balaban J connectivity index is 3.34. The Morgan fingerprint density at radius 2 is 1.82 bits per heavy atom. The Bertz CT molecular complexity index is 507. The van der Waals surface area contributed by atoms with E-state index < -0.39 is 0 Å². The van der Waals surface area contributed by atoms with E-state index in [9.17, 15) is 0 Å². The predicted molar refractivity (Wildman–Crippen MR) is 67.3 cm³/mol. The smallest absolute Gasteiger partial charge is 0.0500 e. The molecule has 0 aromatic heterocycles. The van der Waals surface area contributed by atoms with Gasteiger partial charge >= 0.3 is 0 Å². The van der Waals surface area contributed by atoms with Crippen LogP contribution in [-0.4, -0.2) is 0 Å². The molecule has 0 radical (unpaired) electrons. The van der Waals surface area contributed by atoms with E-state index in [0.717, 1.165) is 17.5 Å². The van der Waals surface area contributed by atoms with Gasteiger partial charge in [0.2, 0.25) is 0 Å². The molecule has 17 heavy (non-hydrogen) atoms. The second kappa shape index (κ2) is 5.80. The monoisotopic (exact) mass is 230 g/mol. The van der Waals surface area contributed by atoms with Crippen molar-refractivity contribution in [3.8, 4) is 0 Å². The first-order valence-electron chi connectivity index (χ1n) is 5.32. The SMILES string of the molecule is Cc1cc(CC(C)C)cc(N=[N+]=[N-])c1N=[N+]=[N-]. The molecule has 1 aromatic rings. The first-order chi connectivity index (χ1) is 8.08. The Morgan fingerprint density at radius 1 is 1.18 bits per heavy atom. The molecule has 0 aliphatic heterocycles. The van der Waals surface area contributed by atoms with E-state index in [1.807, 2.05) is 13.0 Å². The quantitative estimate of drug-likeness (QED) is 0.391. The lowest BCUT2D eigenvalue weighted by Crippen LogP contribution is -1.94. The molecule has 0 N–H and O–H groups in total. The Labute approximate surface area is 99.5 Å². The lowest BCUT2D eigenvalue weighted by molar-refractivity contribution is 0.647. The molecule has 88 valence electrons. The third-order valence-corrected chi connectivity index (χ3v) is 2.28. The number of nitrogens with zero attached hydrogens (tertiary/aromatic N) is 6. The van der Waals surface area contributed by atoms with Gasteiger partial charge in [-0.05, 0) is 47.5 Å². The van der Waals surface area contributed by atoms with E-state index in [1.165, 1.54) is 0 Å². The fraction of sp³-hybridized carbons (Fsp3) is 0.455. The van der Waals surface area contributed by atoms with Gasteiger partial charge in [-0.2, -0.15) is 0 Å². The molecule has 0 saturated carbocycles. The predicted octanol–water partition coefficient (Wildman–Crippen LogP) is 5.08. The average molecular weight is 230 g/mol. The molecule has 0 amide bonds. The number of azide groups is 2. The van der Waals surface area contributed by atoms with Crippen LogP contribution in [0.3, 0.4) is 0 Å². The largest absolute Gasteiger partial charge is 0.0625 e. The molecule has 0 fully saturated rings. The zero-order chi connectivity index (χ0) is 12.8. The first kappa shape index (κ1) is 12.9. The van der Waals surface area contributed by atoms with Crippen molar-refractivity contribution in [1.29, 1.82) is 0 Å². The summed E-state index contributed by atoms with van der Waals surface area (Å²) < 4.78 is 0. The van der Waals surface area contributed by atoms with Gasteiger partial charge in [0.25, 0.3) is 0 Å². The summed E-state index contributed by atoms with van der Waals surface area (Å²) in [6.45, 7) is 6.07. The van der Waals surface area contributed by atoms with Gasteiger partial charge in [-0.1, -0.05) is 30.1 Å². The maximum absolute atomic E-state index is 8.50. The molecule has 0 aliphatic rings. The van der Waals surface area contributed by atoms with Gasteiger partial charge in [-0.15, -0.1) is 0 Å². The maximum Gasteiger partial charge on any atom is 0.0500 e. The number of rotatable bonds is 4. The Morgan fingerprint density at radius 3 is 2.35 bits per heavy atom. The highest BCUT2D eigenvalue weighted by Gasteiger charge is 2.07. The van der Waals surface area contributed by atoms with Crippen LogP contribution in [0.5, 0.6) is 0 Å². The highest BCUT2D eigenvalue weighted by Crippen LogP contribution is 2.34. The van der Waals surface area contributed by atoms with Crippen molar-refractivity contribution in [1.82, 2.24) is 0 Å². The third-order valence-electron chi connectivity index (χ3n) is 2.28. The van der Waals surface area contributed by atoms with Gasteiger partial charge in [-0.3, -0.25) is 0 Å². The van der Waals surface area contributed by atoms with Gasteiger partial charge in [-0.25, -0.2) is 0 Å². The summed E-state index contributed by atoms with van der Waals surface area (Å²) >= 11 is 0. The molecule has 1 rings (SSSR count). The standard InChI is InChI=1S/C11H14N6/c1-7(2)4-9-5-8(3)11(15-17-13)10(6-9)14-16-12/h5-7H,4H2,1-3H3. The van der Waals surface area contributed by atoms with Gasteiger partial charge < -0.3 is 0 Å². The minimum atomic E-state index is 0.390. The van der Waals surface area contributed by atoms with E-state index in [-0.39, 0.29) is 0 Å². The van der Waals surface area contributed by atoms with Crippen LogP contribution in [0.1, 0.15) is 25.0 Å². The molecule has 0 spiro atoms. The fourth-order valence-electron chi connectivity index (χ4n) is 1.72. The molecule has 1 aromatic carbocycles. The second-order valence-corrected chi connectivity index (χ2v) is 4.26. The number of hydrogen-bond acceptors (Lipinski definition) is 2. The number of hydrogen-bond donors (Lipinski definition) is 0. The minimum Gasteiger partial charge on any atom is -0.0625 e. The van der Waals surface area contributed by atoms with Gasteiger partial charge in [0.05, 0.1) is 0 Å². The van der Waals surface area contributed by atoms with Crippen molar-refractivity contribution < 1.29 is 0 Å². The summed E-state index contributed by atoms with van der Waals surface area (Å²) in [5.41, 5.74) is 19.7. The van der Waals surface area contributed by atoms with Crippen molar-refractivity contribution in [2.75, 3.05) is 0 Å². The van der Waals surface area contributed by atoms with Crippen molar-refractivity contribution >= 4 is 11.4 Å². The van der Waals surface area contributed by atoms with Crippen LogP contribution in [-0.2, 0) is 6.42 Å². The molecule has 0 aliphatic carbocycles. The zero-order valence-corrected chi connectivity index (χ0v) is 10.1. The molecule has 0 bridgehead atoms. The van der Waals surface area contributed by atoms with Crippen LogP contribution in [0.2, 0.25) is 0 Å². The molecular formula is C11H14N6. The van der Waals surface area contributed by atoms with E-state index in [0.29, 0.717) is 17.3 Å². The summed E-state index contributed by atoms with van der Waals surface area (Å²) in [6.07, 6.45) is 0.894. The van der Waals surface area contributed by atoms with E-state index in [1.54, 1.807) is 6.07 Å². The zero-order valence-electron chi connectivity index (χ0n) is 10.1. The fourth-order valence-corrected chi connectivity index (χ4v) is 1.72. The molecule has 0 saturated heterocycles. The van der Waals surface area contributed by atoms with Crippen molar-refractivity contribution in [3.05, 3.63) is 44.1 Å². The van der Waals surface area contributed by atoms with Gasteiger partial charge in [0, 0.05) is 21.2 Å². The molecule has 0 unspecified atom stereocenters. The van der Waals surface area contributed by atoms with Gasteiger partial charge in [0.1, 0.15) is 0 Å². The molecular weight excluding hydrogens is 216 g/mol. The normalized spacial score (nSPS) is 9.65. The van der Waals surface area contributed by atoms with E-state index in [2.05, 4.69) is 33.9 Å². The van der Waals surface area contributed by atoms with Crippen LogP contribution in [0.25, 0.3) is 20.9 Å². The second-order valence-electron chi connectivity index (χ2n) is 4.26. The van der Waals surface area contributed by atoms with Crippen LogP contribution >= 0.6 is 0 Å². The number of aryl methyl sites for hydroxylation is 1. The third kappa shape index (κ3) is 3.41. The molecule has 0 atom stereocenters. The summed E-state index contributed by atoms with van der Waals surface area (Å²) in [4.78, 5) is 5.49. The maximum atomic E-state index is 8.50. The summed E-state index contributed by atoms with van der Waals surface area (Å²) in [7, 11) is 0. The molecule has 6 heteroatoms. The Kier molecular flexibility index (Phi) is 4.40. The van der Waals surface area contributed by atoms with Gasteiger partial charge in [0.15, 0.2) is 0 Å². The lowest BCUT2D eigenvalue weighted by Gasteiger charge is -2.10. The van der Waals surface area contributed by atoms with Crippen molar-refractivity contribution in [2.45, 2.75) is 27.2 Å².